The van der Waals surface area contributed by atoms with Crippen molar-refractivity contribution in [3.8, 4) is 12.3 Å². The van der Waals surface area contributed by atoms with Crippen molar-refractivity contribution in [2.24, 2.45) is 0 Å². The average molecular weight is 242 g/mol. The van der Waals surface area contributed by atoms with Crippen LogP contribution >= 0.6 is 0 Å². The molecule has 17 heavy (non-hydrogen) atoms. The maximum atomic E-state index is 11.2. The highest BCUT2D eigenvalue weighted by molar-refractivity contribution is 5.71. The molecule has 4 heteroatoms. The van der Waals surface area contributed by atoms with Crippen molar-refractivity contribution in [3.63, 3.8) is 0 Å². The van der Waals surface area contributed by atoms with E-state index in [0.717, 1.165) is 12.8 Å². The number of carbonyl (C=O) groups is 1. The minimum absolute atomic E-state index is 0.00246. The normalized spacial score (nSPS) is 10.9. The summed E-state index contributed by atoms with van der Waals surface area (Å²) in [5.41, 5.74) is -0.455. The standard InChI is InChI=1S/C13H22O4/c1-5-8-15-9-6-7-10-16-11-12(14)17-13(2,3)4/h1H,6-11H2,2-4H3. The fourth-order valence-electron chi connectivity index (χ4n) is 1.07. The molecule has 0 N–H and O–H groups in total. The molecular weight excluding hydrogens is 220 g/mol. The Balaban J connectivity index is 3.29. The summed E-state index contributed by atoms with van der Waals surface area (Å²) in [5.74, 6) is 2.06. The van der Waals surface area contributed by atoms with Crippen molar-refractivity contribution in [1.29, 1.82) is 0 Å². The SMILES string of the molecule is C#CCOCCCCOCC(=O)OC(C)(C)C. The number of ether oxygens (including phenoxy) is 3. The second-order valence-electron chi connectivity index (χ2n) is 4.60. The van der Waals surface area contributed by atoms with E-state index in [1.807, 2.05) is 20.8 Å². The molecule has 0 aliphatic rings. The summed E-state index contributed by atoms with van der Waals surface area (Å²) in [4.78, 5) is 11.2. The maximum absolute atomic E-state index is 11.2. The molecule has 0 aromatic rings. The molecule has 0 unspecified atom stereocenters. The Morgan fingerprint density at radius 2 is 1.76 bits per heavy atom. The minimum atomic E-state index is -0.455. The van der Waals surface area contributed by atoms with Crippen LogP contribution in [-0.4, -0.2) is 38.0 Å². The van der Waals surface area contributed by atoms with Gasteiger partial charge in [0, 0.05) is 13.2 Å². The van der Waals surface area contributed by atoms with Crippen LogP contribution in [0, 0.1) is 12.3 Å². The number of hydrogen-bond donors (Lipinski definition) is 0. The molecule has 0 aromatic heterocycles. The molecule has 98 valence electrons. The van der Waals surface area contributed by atoms with Crippen LogP contribution in [0.5, 0.6) is 0 Å². The van der Waals surface area contributed by atoms with Gasteiger partial charge in [-0.15, -0.1) is 6.42 Å². The molecule has 0 fully saturated rings. The lowest BCUT2D eigenvalue weighted by Crippen LogP contribution is -2.26. The van der Waals surface area contributed by atoms with Crippen LogP contribution in [0.1, 0.15) is 33.6 Å². The smallest absolute Gasteiger partial charge is 0.332 e. The molecule has 0 aliphatic carbocycles. The third-order valence-corrected chi connectivity index (χ3v) is 1.65. The monoisotopic (exact) mass is 242 g/mol. The first kappa shape index (κ1) is 16.0. The van der Waals surface area contributed by atoms with Gasteiger partial charge < -0.3 is 14.2 Å². The van der Waals surface area contributed by atoms with Crippen molar-refractivity contribution in [3.05, 3.63) is 0 Å². The number of rotatable bonds is 8. The largest absolute Gasteiger partial charge is 0.458 e. The Kier molecular flexibility index (Phi) is 8.47. The van der Waals surface area contributed by atoms with Gasteiger partial charge in [0.05, 0.1) is 0 Å². The minimum Gasteiger partial charge on any atom is -0.458 e. The predicted octanol–water partition coefficient (Wildman–Crippen LogP) is 1.77. The number of esters is 1. The number of carbonyl (C=O) groups excluding carboxylic acids is 1. The van der Waals surface area contributed by atoms with E-state index in [4.69, 9.17) is 20.6 Å². The molecule has 0 aromatic carbocycles. The zero-order valence-corrected chi connectivity index (χ0v) is 11.0. The fraction of sp³-hybridized carbons (Fsp3) is 0.769. The van der Waals surface area contributed by atoms with Gasteiger partial charge in [-0.1, -0.05) is 5.92 Å². The average Bonchev–Trinajstić information content (AvgIpc) is 2.19. The summed E-state index contributed by atoms with van der Waals surface area (Å²) in [6.45, 7) is 6.98. The van der Waals surface area contributed by atoms with E-state index in [1.54, 1.807) is 0 Å². The Labute approximate surface area is 104 Å². The van der Waals surface area contributed by atoms with Gasteiger partial charge in [0.25, 0.3) is 0 Å². The van der Waals surface area contributed by atoms with Crippen molar-refractivity contribution >= 4 is 5.97 Å². The highest BCUT2D eigenvalue weighted by Gasteiger charge is 2.15. The molecule has 0 bridgehead atoms. The first-order valence-corrected chi connectivity index (χ1v) is 5.76. The van der Waals surface area contributed by atoms with Crippen LogP contribution in [0.25, 0.3) is 0 Å². The Bertz CT molecular complexity index is 247. The van der Waals surface area contributed by atoms with E-state index in [2.05, 4.69) is 5.92 Å². The lowest BCUT2D eigenvalue weighted by molar-refractivity contribution is -0.160. The quantitative estimate of drug-likeness (QED) is 0.370. The molecule has 0 amide bonds. The molecule has 0 aliphatic heterocycles. The second-order valence-corrected chi connectivity index (χ2v) is 4.60. The zero-order valence-electron chi connectivity index (χ0n) is 11.0. The molecule has 0 saturated heterocycles. The third kappa shape index (κ3) is 12.9. The van der Waals surface area contributed by atoms with E-state index in [1.165, 1.54) is 0 Å². The van der Waals surface area contributed by atoms with E-state index in [9.17, 15) is 4.79 Å². The number of unbranched alkanes of at least 4 members (excludes halogenated alkanes) is 1. The van der Waals surface area contributed by atoms with Crippen molar-refractivity contribution < 1.29 is 19.0 Å². The van der Waals surface area contributed by atoms with Crippen molar-refractivity contribution in [2.75, 3.05) is 26.4 Å². The number of terminal acetylenes is 1. The topological polar surface area (TPSA) is 44.8 Å². The van der Waals surface area contributed by atoms with Crippen LogP contribution in [0.2, 0.25) is 0 Å². The van der Waals surface area contributed by atoms with Crippen LogP contribution in [-0.2, 0) is 19.0 Å². The van der Waals surface area contributed by atoms with Gasteiger partial charge in [0.1, 0.15) is 18.8 Å². The lowest BCUT2D eigenvalue weighted by Gasteiger charge is -2.19. The summed E-state index contributed by atoms with van der Waals surface area (Å²) in [6.07, 6.45) is 6.74. The van der Waals surface area contributed by atoms with Gasteiger partial charge in [-0.25, -0.2) is 4.79 Å². The van der Waals surface area contributed by atoms with E-state index >= 15 is 0 Å². The number of hydrogen-bond acceptors (Lipinski definition) is 4. The molecule has 0 rings (SSSR count). The lowest BCUT2D eigenvalue weighted by atomic mass is 10.2. The van der Waals surface area contributed by atoms with Gasteiger partial charge in [0.15, 0.2) is 0 Å². The summed E-state index contributed by atoms with van der Waals surface area (Å²) in [6, 6.07) is 0. The Hall–Kier alpha value is -1.05. The summed E-state index contributed by atoms with van der Waals surface area (Å²) >= 11 is 0. The van der Waals surface area contributed by atoms with Crippen molar-refractivity contribution in [1.82, 2.24) is 0 Å². The summed E-state index contributed by atoms with van der Waals surface area (Å²) in [7, 11) is 0. The molecule has 0 saturated carbocycles. The van der Waals surface area contributed by atoms with Crippen molar-refractivity contribution in [2.45, 2.75) is 39.2 Å². The van der Waals surface area contributed by atoms with Crippen LogP contribution < -0.4 is 0 Å². The second kappa shape index (κ2) is 9.03. The Morgan fingerprint density at radius 3 is 2.29 bits per heavy atom. The highest BCUT2D eigenvalue weighted by Crippen LogP contribution is 2.06. The van der Waals surface area contributed by atoms with E-state index in [0.29, 0.717) is 19.8 Å². The summed E-state index contributed by atoms with van der Waals surface area (Å²) in [5, 5.41) is 0. The highest BCUT2D eigenvalue weighted by atomic mass is 16.6. The molecule has 0 radical (unpaired) electrons. The molecule has 0 spiro atoms. The van der Waals surface area contributed by atoms with Gasteiger partial charge in [-0.2, -0.15) is 0 Å². The van der Waals surface area contributed by atoms with Crippen LogP contribution in [0.15, 0.2) is 0 Å². The molecular formula is C13H22O4. The maximum Gasteiger partial charge on any atom is 0.332 e. The van der Waals surface area contributed by atoms with Crippen LogP contribution in [0.3, 0.4) is 0 Å². The van der Waals surface area contributed by atoms with Gasteiger partial charge in [-0.3, -0.25) is 0 Å². The van der Waals surface area contributed by atoms with Gasteiger partial charge in [0.2, 0.25) is 0 Å². The van der Waals surface area contributed by atoms with E-state index in [-0.39, 0.29) is 12.6 Å². The van der Waals surface area contributed by atoms with Crippen LogP contribution in [0.4, 0.5) is 0 Å². The third-order valence-electron chi connectivity index (χ3n) is 1.65. The summed E-state index contributed by atoms with van der Waals surface area (Å²) < 4.78 is 15.4. The predicted molar refractivity (Wildman–Crippen MR) is 65.6 cm³/mol. The van der Waals surface area contributed by atoms with E-state index < -0.39 is 5.60 Å². The molecule has 0 heterocycles. The molecule has 4 nitrogen and oxygen atoms in total. The first-order chi connectivity index (χ1) is 7.95. The Morgan fingerprint density at radius 1 is 1.18 bits per heavy atom. The van der Waals surface area contributed by atoms with Gasteiger partial charge >= 0.3 is 5.97 Å². The fourth-order valence-corrected chi connectivity index (χ4v) is 1.07. The van der Waals surface area contributed by atoms with Gasteiger partial charge in [-0.05, 0) is 33.6 Å². The molecule has 0 atom stereocenters. The first-order valence-electron chi connectivity index (χ1n) is 5.76. The zero-order chi connectivity index (χ0) is 13.1.